The molecule has 30 heavy (non-hydrogen) atoms. The highest BCUT2D eigenvalue weighted by molar-refractivity contribution is 6.41. The zero-order valence-electron chi connectivity index (χ0n) is 15.4. The molecule has 1 N–H and O–H groups in total. The Kier molecular flexibility index (Phi) is 5.53. The van der Waals surface area contributed by atoms with Gasteiger partial charge in [0, 0.05) is 22.5 Å². The Hall–Kier alpha value is -3.22. The lowest BCUT2D eigenvalue weighted by Crippen LogP contribution is -2.32. The van der Waals surface area contributed by atoms with Gasteiger partial charge in [0.15, 0.2) is 0 Å². The highest BCUT2D eigenvalue weighted by Crippen LogP contribution is 2.35. The van der Waals surface area contributed by atoms with Gasteiger partial charge in [0.2, 0.25) is 0 Å². The zero-order valence-corrected chi connectivity index (χ0v) is 16.9. The summed E-state index contributed by atoms with van der Waals surface area (Å²) in [6.45, 7) is 0.00180. The number of aromatic nitrogens is 1. The maximum absolute atomic E-state index is 13.3. The van der Waals surface area contributed by atoms with Crippen LogP contribution in [-0.4, -0.2) is 21.7 Å². The van der Waals surface area contributed by atoms with E-state index in [9.17, 15) is 14.0 Å². The number of anilines is 1. The van der Waals surface area contributed by atoms with E-state index in [4.69, 9.17) is 23.2 Å². The summed E-state index contributed by atoms with van der Waals surface area (Å²) in [7, 11) is 0. The van der Waals surface area contributed by atoms with Crippen molar-refractivity contribution in [2.75, 3.05) is 5.32 Å². The molecule has 3 aromatic rings. The summed E-state index contributed by atoms with van der Waals surface area (Å²) >= 11 is 12.3. The Bertz CT molecular complexity index is 1160. The minimum atomic E-state index is -0.531. The predicted octanol–water partition coefficient (Wildman–Crippen LogP) is 4.92. The van der Waals surface area contributed by atoms with E-state index in [0.29, 0.717) is 22.0 Å². The van der Waals surface area contributed by atoms with Crippen LogP contribution in [0.15, 0.2) is 72.6 Å². The van der Waals surface area contributed by atoms with E-state index in [1.165, 1.54) is 30.3 Å². The van der Waals surface area contributed by atoms with Gasteiger partial charge >= 0.3 is 0 Å². The molecule has 0 bridgehead atoms. The van der Waals surface area contributed by atoms with Crippen molar-refractivity contribution < 1.29 is 14.0 Å². The Labute approximate surface area is 181 Å². The molecule has 0 atom stereocenters. The van der Waals surface area contributed by atoms with Crippen molar-refractivity contribution in [2.45, 2.75) is 6.54 Å². The SMILES string of the molecule is O=C1C(Nc2ccc(F)cc2)=C(c2ccc(Cl)cc2Cl)C(=O)N1Cc1ccccn1. The lowest BCUT2D eigenvalue weighted by molar-refractivity contribution is -0.137. The van der Waals surface area contributed by atoms with Gasteiger partial charge in [-0.25, -0.2) is 4.39 Å². The molecule has 150 valence electrons. The van der Waals surface area contributed by atoms with Crippen LogP contribution < -0.4 is 5.32 Å². The van der Waals surface area contributed by atoms with Crippen molar-refractivity contribution in [3.63, 3.8) is 0 Å². The number of imide groups is 1. The molecule has 1 aromatic heterocycles. The molecule has 0 radical (unpaired) electrons. The van der Waals surface area contributed by atoms with E-state index >= 15 is 0 Å². The minimum Gasteiger partial charge on any atom is -0.350 e. The number of hydrogen-bond donors (Lipinski definition) is 1. The van der Waals surface area contributed by atoms with Crippen LogP contribution in [0.25, 0.3) is 5.57 Å². The molecule has 0 aliphatic carbocycles. The standard InChI is InChI=1S/C22H14Cl2FN3O2/c23-13-4-9-17(18(24)11-13)19-20(27-15-7-5-14(25)6-8-15)22(30)28(21(19)29)12-16-3-1-2-10-26-16/h1-11,27H,12H2. The molecular formula is C22H14Cl2FN3O2. The molecule has 4 rings (SSSR count). The monoisotopic (exact) mass is 441 g/mol. The van der Waals surface area contributed by atoms with Crippen molar-refractivity contribution in [3.05, 3.63) is 99.7 Å². The van der Waals surface area contributed by atoms with E-state index < -0.39 is 17.6 Å². The summed E-state index contributed by atoms with van der Waals surface area (Å²) in [6.07, 6.45) is 1.59. The van der Waals surface area contributed by atoms with Gasteiger partial charge in [0.05, 0.1) is 22.8 Å². The number of halogens is 3. The number of nitrogens with one attached hydrogen (secondary N) is 1. The minimum absolute atomic E-state index is 0.00180. The summed E-state index contributed by atoms with van der Waals surface area (Å²) in [4.78, 5) is 31.7. The number of carbonyl (C=O) groups excluding carboxylic acids is 2. The lowest BCUT2D eigenvalue weighted by atomic mass is 10.0. The molecule has 1 aliphatic heterocycles. The number of nitrogens with zero attached hydrogens (tertiary/aromatic N) is 2. The van der Waals surface area contributed by atoms with Crippen LogP contribution in [0, 0.1) is 5.82 Å². The van der Waals surface area contributed by atoms with Gasteiger partial charge in [-0.15, -0.1) is 0 Å². The van der Waals surface area contributed by atoms with E-state index in [-0.39, 0.29) is 22.8 Å². The Morgan fingerprint density at radius 2 is 1.73 bits per heavy atom. The molecule has 2 amide bonds. The molecule has 1 aliphatic rings. The quantitative estimate of drug-likeness (QED) is 0.570. The Morgan fingerprint density at radius 3 is 2.40 bits per heavy atom. The van der Waals surface area contributed by atoms with Gasteiger partial charge in [-0.05, 0) is 48.5 Å². The second-order valence-corrected chi connectivity index (χ2v) is 7.37. The predicted molar refractivity (Wildman–Crippen MR) is 113 cm³/mol. The maximum atomic E-state index is 13.3. The summed E-state index contributed by atoms with van der Waals surface area (Å²) in [5.41, 5.74) is 1.54. The third-order valence-corrected chi connectivity index (χ3v) is 5.08. The largest absolute Gasteiger partial charge is 0.350 e. The van der Waals surface area contributed by atoms with Crippen molar-refractivity contribution in [2.24, 2.45) is 0 Å². The smallest absolute Gasteiger partial charge is 0.278 e. The van der Waals surface area contributed by atoms with Crippen LogP contribution in [0.4, 0.5) is 10.1 Å². The summed E-state index contributed by atoms with van der Waals surface area (Å²) in [5.74, 6) is -1.46. The van der Waals surface area contributed by atoms with Gasteiger partial charge in [-0.1, -0.05) is 35.3 Å². The molecule has 0 unspecified atom stereocenters. The van der Waals surface area contributed by atoms with Crippen LogP contribution in [-0.2, 0) is 16.1 Å². The van der Waals surface area contributed by atoms with Crippen LogP contribution >= 0.6 is 23.2 Å². The topological polar surface area (TPSA) is 62.3 Å². The van der Waals surface area contributed by atoms with Gasteiger partial charge in [-0.3, -0.25) is 19.5 Å². The van der Waals surface area contributed by atoms with Crippen molar-refractivity contribution >= 4 is 46.3 Å². The van der Waals surface area contributed by atoms with Crippen LogP contribution in [0.1, 0.15) is 11.3 Å². The molecule has 0 saturated heterocycles. The molecule has 5 nitrogen and oxygen atoms in total. The van der Waals surface area contributed by atoms with E-state index in [1.807, 2.05) is 0 Å². The average molecular weight is 442 g/mol. The van der Waals surface area contributed by atoms with Crippen molar-refractivity contribution in [3.8, 4) is 0 Å². The molecule has 2 aromatic carbocycles. The Balaban J connectivity index is 1.78. The first-order valence-corrected chi connectivity index (χ1v) is 9.68. The molecule has 0 saturated carbocycles. The molecule has 0 fully saturated rings. The normalized spacial score (nSPS) is 13.9. The number of benzene rings is 2. The third-order valence-electron chi connectivity index (χ3n) is 4.53. The fourth-order valence-corrected chi connectivity index (χ4v) is 3.61. The van der Waals surface area contributed by atoms with Crippen LogP contribution in [0.3, 0.4) is 0 Å². The second kappa shape index (κ2) is 8.26. The van der Waals surface area contributed by atoms with Gasteiger partial charge in [-0.2, -0.15) is 0 Å². The van der Waals surface area contributed by atoms with Gasteiger partial charge in [0.25, 0.3) is 11.8 Å². The number of hydrogen-bond acceptors (Lipinski definition) is 4. The van der Waals surface area contributed by atoms with E-state index in [2.05, 4.69) is 10.3 Å². The zero-order chi connectivity index (χ0) is 21.3. The van der Waals surface area contributed by atoms with Crippen LogP contribution in [0.2, 0.25) is 10.0 Å². The highest BCUT2D eigenvalue weighted by Gasteiger charge is 2.40. The number of rotatable bonds is 5. The number of carbonyl (C=O) groups is 2. The number of amides is 2. The van der Waals surface area contributed by atoms with E-state index in [0.717, 1.165) is 4.90 Å². The number of pyridine rings is 1. The highest BCUT2D eigenvalue weighted by atomic mass is 35.5. The summed E-state index contributed by atoms with van der Waals surface area (Å²) in [5, 5.41) is 3.58. The molecular weight excluding hydrogens is 428 g/mol. The third kappa shape index (κ3) is 3.92. The molecule has 2 heterocycles. The Morgan fingerprint density at radius 1 is 0.967 bits per heavy atom. The van der Waals surface area contributed by atoms with Crippen molar-refractivity contribution in [1.82, 2.24) is 9.88 Å². The fourth-order valence-electron chi connectivity index (χ4n) is 3.11. The summed E-state index contributed by atoms with van der Waals surface area (Å²) < 4.78 is 13.3. The lowest BCUT2D eigenvalue weighted by Gasteiger charge is -2.15. The van der Waals surface area contributed by atoms with E-state index in [1.54, 1.807) is 36.5 Å². The molecule has 0 spiro atoms. The molecule has 8 heteroatoms. The first-order chi connectivity index (χ1) is 14.4. The second-order valence-electron chi connectivity index (χ2n) is 6.52. The van der Waals surface area contributed by atoms with Crippen LogP contribution in [0.5, 0.6) is 0 Å². The first kappa shape index (κ1) is 20.1. The van der Waals surface area contributed by atoms with Gasteiger partial charge < -0.3 is 5.32 Å². The van der Waals surface area contributed by atoms with Gasteiger partial charge in [0.1, 0.15) is 11.5 Å². The summed E-state index contributed by atoms with van der Waals surface area (Å²) in [6, 6.07) is 15.4. The first-order valence-electron chi connectivity index (χ1n) is 8.92. The fraction of sp³-hybridized carbons (Fsp3) is 0.0455. The maximum Gasteiger partial charge on any atom is 0.278 e. The van der Waals surface area contributed by atoms with Crippen molar-refractivity contribution in [1.29, 1.82) is 0 Å². The average Bonchev–Trinajstić information content (AvgIpc) is 2.95.